The van der Waals surface area contributed by atoms with Crippen molar-refractivity contribution in [2.75, 3.05) is 26.7 Å². The van der Waals surface area contributed by atoms with Crippen molar-refractivity contribution in [3.05, 3.63) is 38.9 Å². The first kappa shape index (κ1) is 15.7. The first-order chi connectivity index (χ1) is 9.90. The molecule has 1 aromatic rings. The number of carbonyl (C=O) groups excluding carboxylic acids is 1. The van der Waals surface area contributed by atoms with E-state index in [0.29, 0.717) is 12.1 Å². The average molecular weight is 312 g/mol. The van der Waals surface area contributed by atoms with Gasteiger partial charge in [0.25, 0.3) is 11.6 Å². The summed E-state index contributed by atoms with van der Waals surface area (Å²) >= 11 is 5.88. The van der Waals surface area contributed by atoms with Crippen LogP contribution >= 0.6 is 11.6 Å². The maximum absolute atomic E-state index is 12.6. The van der Waals surface area contributed by atoms with E-state index in [2.05, 4.69) is 4.90 Å². The van der Waals surface area contributed by atoms with Crippen LogP contribution < -0.4 is 0 Å². The van der Waals surface area contributed by atoms with Crippen molar-refractivity contribution in [1.82, 2.24) is 9.80 Å². The second-order valence-electron chi connectivity index (χ2n) is 5.39. The maximum atomic E-state index is 12.6. The van der Waals surface area contributed by atoms with Gasteiger partial charge in [-0.25, -0.2) is 0 Å². The first-order valence-electron chi connectivity index (χ1n) is 6.83. The molecule has 0 N–H and O–H groups in total. The molecule has 21 heavy (non-hydrogen) atoms. The van der Waals surface area contributed by atoms with Gasteiger partial charge in [0.1, 0.15) is 5.02 Å². The molecule has 1 saturated heterocycles. The largest absolute Gasteiger partial charge is 0.335 e. The van der Waals surface area contributed by atoms with E-state index in [1.54, 1.807) is 4.90 Å². The molecule has 6 nitrogen and oxygen atoms in total. The van der Waals surface area contributed by atoms with E-state index in [0.717, 1.165) is 19.5 Å². The van der Waals surface area contributed by atoms with Gasteiger partial charge < -0.3 is 9.80 Å². The van der Waals surface area contributed by atoms with Crippen LogP contribution in [0.25, 0.3) is 0 Å². The number of halogens is 1. The fourth-order valence-electron chi connectivity index (χ4n) is 2.63. The van der Waals surface area contributed by atoms with Crippen LogP contribution in [-0.2, 0) is 0 Å². The lowest BCUT2D eigenvalue weighted by molar-refractivity contribution is -0.384. The molecule has 1 unspecified atom stereocenters. The first-order valence-corrected chi connectivity index (χ1v) is 7.21. The standard InChI is InChI=1S/C14H18ClN3O3/c1-10-9-16(2)6-3-7-17(10)14(19)11-4-5-13(18(20)21)12(15)8-11/h4-5,8,10H,3,6-7,9H2,1-2H3. The number of nitro groups is 1. The van der Waals surface area contributed by atoms with Crippen molar-refractivity contribution < 1.29 is 9.72 Å². The van der Waals surface area contributed by atoms with Gasteiger partial charge in [0.2, 0.25) is 0 Å². The van der Waals surface area contributed by atoms with Crippen LogP contribution in [0.15, 0.2) is 18.2 Å². The molecular formula is C14H18ClN3O3. The maximum Gasteiger partial charge on any atom is 0.287 e. The summed E-state index contributed by atoms with van der Waals surface area (Å²) in [6.45, 7) is 4.45. The zero-order valence-corrected chi connectivity index (χ0v) is 12.8. The Morgan fingerprint density at radius 1 is 1.43 bits per heavy atom. The van der Waals surface area contributed by atoms with Crippen molar-refractivity contribution in [1.29, 1.82) is 0 Å². The highest BCUT2D eigenvalue weighted by molar-refractivity contribution is 6.33. The molecule has 0 spiro atoms. The molecule has 1 aliphatic heterocycles. The molecular weight excluding hydrogens is 294 g/mol. The molecule has 0 aliphatic carbocycles. The molecule has 7 heteroatoms. The molecule has 1 aliphatic rings. The van der Waals surface area contributed by atoms with Gasteiger partial charge in [-0.3, -0.25) is 14.9 Å². The lowest BCUT2D eigenvalue weighted by Gasteiger charge is -2.28. The summed E-state index contributed by atoms with van der Waals surface area (Å²) < 4.78 is 0. The minimum Gasteiger partial charge on any atom is -0.335 e. The Kier molecular flexibility index (Phi) is 4.80. The van der Waals surface area contributed by atoms with Gasteiger partial charge in [-0.2, -0.15) is 0 Å². The minimum atomic E-state index is -0.555. The van der Waals surface area contributed by atoms with Crippen LogP contribution in [0.1, 0.15) is 23.7 Å². The Bertz CT molecular complexity index is 564. The smallest absolute Gasteiger partial charge is 0.287 e. The normalized spacial score (nSPS) is 20.1. The highest BCUT2D eigenvalue weighted by atomic mass is 35.5. The molecule has 0 bridgehead atoms. The molecule has 0 radical (unpaired) electrons. The summed E-state index contributed by atoms with van der Waals surface area (Å²) in [5.74, 6) is -0.130. The quantitative estimate of drug-likeness (QED) is 0.621. The third-order valence-corrected chi connectivity index (χ3v) is 4.00. The van der Waals surface area contributed by atoms with E-state index in [9.17, 15) is 14.9 Å². The fourth-order valence-corrected chi connectivity index (χ4v) is 2.88. The Labute approximate surface area is 128 Å². The van der Waals surface area contributed by atoms with E-state index < -0.39 is 4.92 Å². The Morgan fingerprint density at radius 3 is 2.76 bits per heavy atom. The molecule has 1 fully saturated rings. The molecule has 2 rings (SSSR count). The van der Waals surface area contributed by atoms with Gasteiger partial charge in [-0.1, -0.05) is 11.6 Å². The van der Waals surface area contributed by atoms with Gasteiger partial charge >= 0.3 is 0 Å². The molecule has 0 saturated carbocycles. The van der Waals surface area contributed by atoms with Crippen LogP contribution in [0.3, 0.4) is 0 Å². The van der Waals surface area contributed by atoms with Gasteiger partial charge in [-0.05, 0) is 39.1 Å². The summed E-state index contributed by atoms with van der Waals surface area (Å²) in [4.78, 5) is 26.8. The number of hydrogen-bond acceptors (Lipinski definition) is 4. The van der Waals surface area contributed by atoms with E-state index in [4.69, 9.17) is 11.6 Å². The summed E-state index contributed by atoms with van der Waals surface area (Å²) in [6.07, 6.45) is 0.910. The highest BCUT2D eigenvalue weighted by Crippen LogP contribution is 2.26. The predicted octanol–water partition coefficient (Wildman–Crippen LogP) is 2.41. The van der Waals surface area contributed by atoms with Gasteiger partial charge in [0, 0.05) is 30.8 Å². The van der Waals surface area contributed by atoms with E-state index in [-0.39, 0.29) is 22.7 Å². The number of rotatable bonds is 2. The summed E-state index contributed by atoms with van der Waals surface area (Å²) in [7, 11) is 2.03. The second-order valence-corrected chi connectivity index (χ2v) is 5.79. The fraction of sp³-hybridized carbons (Fsp3) is 0.500. The van der Waals surface area contributed by atoms with Crippen molar-refractivity contribution in [3.8, 4) is 0 Å². The van der Waals surface area contributed by atoms with Crippen LogP contribution in [0.4, 0.5) is 5.69 Å². The third-order valence-electron chi connectivity index (χ3n) is 3.70. The monoisotopic (exact) mass is 311 g/mol. The number of benzene rings is 1. The molecule has 1 atom stereocenters. The number of amides is 1. The number of hydrogen-bond donors (Lipinski definition) is 0. The zero-order valence-electron chi connectivity index (χ0n) is 12.1. The summed E-state index contributed by atoms with van der Waals surface area (Å²) in [5.41, 5.74) is 0.207. The number of carbonyl (C=O) groups is 1. The van der Waals surface area contributed by atoms with E-state index in [1.165, 1.54) is 18.2 Å². The lowest BCUT2D eigenvalue weighted by Crippen LogP contribution is -2.42. The van der Waals surface area contributed by atoms with Crippen molar-refractivity contribution in [3.63, 3.8) is 0 Å². The van der Waals surface area contributed by atoms with Gasteiger partial charge in [-0.15, -0.1) is 0 Å². The van der Waals surface area contributed by atoms with Crippen molar-refractivity contribution >= 4 is 23.2 Å². The van der Waals surface area contributed by atoms with Crippen LogP contribution in [0.2, 0.25) is 5.02 Å². The highest BCUT2D eigenvalue weighted by Gasteiger charge is 2.26. The third kappa shape index (κ3) is 3.51. The number of likely N-dealkylation sites (N-methyl/N-ethyl adjacent to an activating group) is 1. The predicted molar refractivity (Wildman–Crippen MR) is 80.7 cm³/mol. The van der Waals surface area contributed by atoms with Crippen molar-refractivity contribution in [2.24, 2.45) is 0 Å². The SMILES string of the molecule is CC1CN(C)CCCN1C(=O)c1ccc([N+](=O)[O-])c(Cl)c1. The Balaban J connectivity index is 2.23. The lowest BCUT2D eigenvalue weighted by atomic mass is 10.1. The number of nitrogens with zero attached hydrogens (tertiary/aromatic N) is 3. The molecule has 114 valence electrons. The molecule has 1 aromatic carbocycles. The zero-order chi connectivity index (χ0) is 15.6. The second kappa shape index (κ2) is 6.41. The summed E-state index contributed by atoms with van der Waals surface area (Å²) in [5, 5.41) is 10.7. The van der Waals surface area contributed by atoms with Crippen molar-refractivity contribution in [2.45, 2.75) is 19.4 Å². The number of nitro benzene ring substituents is 1. The topological polar surface area (TPSA) is 66.7 Å². The summed E-state index contributed by atoms with van der Waals surface area (Å²) in [6, 6.07) is 4.22. The van der Waals surface area contributed by atoms with Crippen LogP contribution in [-0.4, -0.2) is 53.4 Å². The van der Waals surface area contributed by atoms with E-state index in [1.807, 2.05) is 14.0 Å². The molecule has 0 aromatic heterocycles. The average Bonchev–Trinajstić information content (AvgIpc) is 2.58. The van der Waals surface area contributed by atoms with Crippen LogP contribution in [0, 0.1) is 10.1 Å². The molecule has 1 heterocycles. The van der Waals surface area contributed by atoms with Gasteiger partial charge in [0.05, 0.1) is 4.92 Å². The van der Waals surface area contributed by atoms with Gasteiger partial charge in [0.15, 0.2) is 0 Å². The minimum absolute atomic E-state index is 0.00885. The van der Waals surface area contributed by atoms with Crippen LogP contribution in [0.5, 0.6) is 0 Å². The van der Waals surface area contributed by atoms with E-state index >= 15 is 0 Å². The Hall–Kier alpha value is -1.66. The molecule has 1 amide bonds. The Morgan fingerprint density at radius 2 is 2.14 bits per heavy atom.